The van der Waals surface area contributed by atoms with Gasteiger partial charge in [0, 0.05) is 17.1 Å². The van der Waals surface area contributed by atoms with E-state index in [-0.39, 0.29) is 11.3 Å². The van der Waals surface area contributed by atoms with Gasteiger partial charge in [0.15, 0.2) is 0 Å². The van der Waals surface area contributed by atoms with E-state index < -0.39 is 20.9 Å². The Morgan fingerprint density at radius 1 is 1.27 bits per heavy atom. The summed E-state index contributed by atoms with van der Waals surface area (Å²) in [5.41, 5.74) is 0.448. The Balaban J connectivity index is 2.27. The van der Waals surface area contributed by atoms with Crippen molar-refractivity contribution in [3.8, 4) is 0 Å². The van der Waals surface area contributed by atoms with Crippen LogP contribution in [0.4, 0.5) is 8.78 Å². The van der Waals surface area contributed by atoms with E-state index in [2.05, 4.69) is 0 Å². The summed E-state index contributed by atoms with van der Waals surface area (Å²) in [5, 5.41) is 0. The van der Waals surface area contributed by atoms with E-state index in [0.717, 1.165) is 0 Å². The lowest BCUT2D eigenvalue weighted by Gasteiger charge is -2.00. The summed E-state index contributed by atoms with van der Waals surface area (Å²) in [7, 11) is 1.32. The fourth-order valence-corrected chi connectivity index (χ4v) is 2.21. The van der Waals surface area contributed by atoms with Crippen LogP contribution in [0.2, 0.25) is 0 Å². The lowest BCUT2D eigenvalue weighted by Crippen LogP contribution is -1.94. The van der Waals surface area contributed by atoms with Crippen molar-refractivity contribution >= 4 is 19.7 Å². The molecule has 82 valence electrons. The first kappa shape index (κ1) is 10.8. The Labute approximate surface area is 90.3 Å². The van der Waals surface area contributed by atoms with E-state index in [1.54, 1.807) is 0 Å². The van der Waals surface area contributed by atoms with Crippen molar-refractivity contribution in [3.05, 3.63) is 29.8 Å². The summed E-state index contributed by atoms with van der Waals surface area (Å²) in [4.78, 5) is -0.0723. The predicted molar refractivity (Wildman–Crippen MR) is 51.8 cm³/mol. The topological polar surface area (TPSA) is 34.1 Å². The van der Waals surface area contributed by atoms with Gasteiger partial charge in [0.2, 0.25) is 0 Å². The van der Waals surface area contributed by atoms with Crippen LogP contribution in [0.25, 0.3) is 0 Å². The van der Waals surface area contributed by atoms with Gasteiger partial charge in [0.1, 0.15) is 0 Å². The van der Waals surface area contributed by atoms with Crippen LogP contribution in [0.3, 0.4) is 0 Å². The molecule has 2 rings (SSSR count). The highest BCUT2D eigenvalue weighted by Gasteiger charge is 2.57. The molecule has 0 spiro atoms. The molecule has 1 atom stereocenters. The quantitative estimate of drug-likeness (QED) is 0.759. The van der Waals surface area contributed by atoms with E-state index >= 15 is 0 Å². The SMILES string of the molecule is O=S(=O)(Cl)c1ccc(C2CC2(F)F)cc1. The molecule has 0 heterocycles. The molecular formula is C9H7ClF2O2S. The van der Waals surface area contributed by atoms with Gasteiger partial charge in [-0.05, 0) is 17.7 Å². The first-order valence-electron chi connectivity index (χ1n) is 4.23. The van der Waals surface area contributed by atoms with Crippen molar-refractivity contribution in [1.82, 2.24) is 0 Å². The van der Waals surface area contributed by atoms with Crippen LogP contribution in [0, 0.1) is 0 Å². The van der Waals surface area contributed by atoms with Gasteiger partial charge in [-0.3, -0.25) is 0 Å². The Morgan fingerprint density at radius 2 is 1.73 bits per heavy atom. The lowest BCUT2D eigenvalue weighted by atomic mass is 10.1. The average Bonchev–Trinajstić information content (AvgIpc) is 2.74. The highest BCUT2D eigenvalue weighted by Crippen LogP contribution is 2.55. The molecule has 0 radical (unpaired) electrons. The molecule has 1 aromatic carbocycles. The first-order valence-corrected chi connectivity index (χ1v) is 6.54. The number of alkyl halides is 2. The minimum Gasteiger partial charge on any atom is -0.207 e. The third kappa shape index (κ3) is 2.13. The predicted octanol–water partition coefficient (Wildman–Crippen LogP) is 2.74. The van der Waals surface area contributed by atoms with Gasteiger partial charge >= 0.3 is 0 Å². The summed E-state index contributed by atoms with van der Waals surface area (Å²) in [5.74, 6) is -3.41. The van der Waals surface area contributed by atoms with Crippen LogP contribution in [-0.4, -0.2) is 14.3 Å². The van der Waals surface area contributed by atoms with Crippen LogP contribution in [0.1, 0.15) is 17.9 Å². The molecule has 15 heavy (non-hydrogen) atoms. The van der Waals surface area contributed by atoms with Crippen molar-refractivity contribution in [1.29, 1.82) is 0 Å². The Bertz CT molecular complexity index is 481. The molecule has 0 bridgehead atoms. The molecule has 0 aliphatic heterocycles. The monoisotopic (exact) mass is 252 g/mol. The molecule has 1 saturated carbocycles. The van der Waals surface area contributed by atoms with Gasteiger partial charge in [-0.15, -0.1) is 0 Å². The van der Waals surface area contributed by atoms with Gasteiger partial charge in [-0.1, -0.05) is 12.1 Å². The van der Waals surface area contributed by atoms with E-state index in [1.165, 1.54) is 24.3 Å². The number of rotatable bonds is 2. The molecule has 2 nitrogen and oxygen atoms in total. The van der Waals surface area contributed by atoms with E-state index in [9.17, 15) is 17.2 Å². The van der Waals surface area contributed by atoms with Crippen molar-refractivity contribution in [2.45, 2.75) is 23.2 Å². The summed E-state index contributed by atoms with van der Waals surface area (Å²) < 4.78 is 47.1. The zero-order chi connectivity index (χ0) is 11.3. The lowest BCUT2D eigenvalue weighted by molar-refractivity contribution is 0.112. The van der Waals surface area contributed by atoms with Crippen LogP contribution in [0.5, 0.6) is 0 Å². The molecule has 0 aromatic heterocycles. The zero-order valence-corrected chi connectivity index (χ0v) is 9.02. The van der Waals surface area contributed by atoms with E-state index in [1.807, 2.05) is 0 Å². The second-order valence-corrected chi connectivity index (χ2v) is 6.09. The van der Waals surface area contributed by atoms with Gasteiger partial charge in [-0.2, -0.15) is 0 Å². The molecule has 1 aliphatic carbocycles. The van der Waals surface area contributed by atoms with E-state index in [0.29, 0.717) is 5.56 Å². The molecule has 1 aromatic rings. The zero-order valence-electron chi connectivity index (χ0n) is 7.45. The molecule has 1 unspecified atom stereocenters. The fourth-order valence-electron chi connectivity index (χ4n) is 1.44. The van der Waals surface area contributed by atoms with Gasteiger partial charge in [0.05, 0.1) is 10.8 Å². The standard InChI is InChI=1S/C9H7ClF2O2S/c10-15(13,14)7-3-1-6(2-4-7)8-5-9(8,11)12/h1-4,8H,5H2. The molecule has 1 aliphatic rings. The molecule has 0 amide bonds. The maximum absolute atomic E-state index is 12.7. The second kappa shape index (κ2) is 3.15. The molecule has 0 N–H and O–H groups in total. The highest BCUT2D eigenvalue weighted by atomic mass is 35.7. The van der Waals surface area contributed by atoms with Gasteiger partial charge in [0.25, 0.3) is 15.0 Å². The molecular weight excluding hydrogens is 246 g/mol. The minimum absolute atomic E-state index is 0.0723. The first-order chi connectivity index (χ1) is 6.81. The van der Waals surface area contributed by atoms with Crippen LogP contribution in [0.15, 0.2) is 29.2 Å². The Kier molecular flexibility index (Phi) is 2.28. The maximum Gasteiger partial charge on any atom is 0.261 e. The van der Waals surface area contributed by atoms with Crippen molar-refractivity contribution in [2.75, 3.05) is 0 Å². The molecule has 6 heteroatoms. The maximum atomic E-state index is 12.7. The van der Waals surface area contributed by atoms with Crippen molar-refractivity contribution in [2.24, 2.45) is 0 Å². The minimum atomic E-state index is -3.77. The smallest absolute Gasteiger partial charge is 0.207 e. The number of hydrogen-bond acceptors (Lipinski definition) is 2. The Morgan fingerprint density at radius 3 is 2.07 bits per heavy atom. The third-order valence-electron chi connectivity index (χ3n) is 2.39. The number of hydrogen-bond donors (Lipinski definition) is 0. The van der Waals surface area contributed by atoms with Crippen molar-refractivity contribution in [3.63, 3.8) is 0 Å². The van der Waals surface area contributed by atoms with Crippen LogP contribution in [-0.2, 0) is 9.05 Å². The number of halogens is 3. The van der Waals surface area contributed by atoms with E-state index in [4.69, 9.17) is 10.7 Å². The second-order valence-electron chi connectivity index (χ2n) is 3.52. The summed E-state index contributed by atoms with van der Waals surface area (Å²) in [6.07, 6.45) is -0.167. The number of benzene rings is 1. The summed E-state index contributed by atoms with van der Waals surface area (Å²) in [6.45, 7) is 0. The fraction of sp³-hybridized carbons (Fsp3) is 0.333. The highest BCUT2D eigenvalue weighted by molar-refractivity contribution is 8.13. The van der Waals surface area contributed by atoms with Crippen LogP contribution >= 0.6 is 10.7 Å². The Hall–Kier alpha value is -0.680. The largest absolute Gasteiger partial charge is 0.261 e. The van der Waals surface area contributed by atoms with Crippen LogP contribution < -0.4 is 0 Å². The van der Waals surface area contributed by atoms with Gasteiger partial charge < -0.3 is 0 Å². The summed E-state index contributed by atoms with van der Waals surface area (Å²) >= 11 is 0. The summed E-state index contributed by atoms with van der Waals surface area (Å²) in [6, 6.07) is 5.24. The molecule has 0 saturated heterocycles. The van der Waals surface area contributed by atoms with Crippen molar-refractivity contribution < 1.29 is 17.2 Å². The average molecular weight is 253 g/mol. The normalized spacial score (nSPS) is 23.8. The molecule has 1 fully saturated rings. The third-order valence-corrected chi connectivity index (χ3v) is 3.76. The van der Waals surface area contributed by atoms with Gasteiger partial charge in [-0.25, -0.2) is 17.2 Å².